The van der Waals surface area contributed by atoms with Crippen LogP contribution in [0.1, 0.15) is 31.9 Å². The molecule has 230 valence electrons. The van der Waals surface area contributed by atoms with Crippen LogP contribution in [-0.2, 0) is 9.59 Å². The summed E-state index contributed by atoms with van der Waals surface area (Å²) < 4.78 is 11.1. The lowest BCUT2D eigenvalue weighted by molar-refractivity contribution is -0.163. The predicted octanol–water partition coefficient (Wildman–Crippen LogP) is 6.03. The summed E-state index contributed by atoms with van der Waals surface area (Å²) in [4.78, 5) is 55.4. The zero-order valence-electron chi connectivity index (χ0n) is 24.6. The summed E-state index contributed by atoms with van der Waals surface area (Å²) in [7, 11) is 1.44. The Morgan fingerprint density at radius 3 is 2.04 bits per heavy atom. The number of likely N-dealkylation sites (N-methyl/N-ethyl adjacent to an activating group) is 1. The SMILES string of the molecule is CN1C(=O)[C@@]2(SC(=O)Nc3ccccc3)C[C@](C)(C#N)C(c3ccc4c(c3)OCO4)N2C(=O)[C@]1(C)SC(=O)Nc1ccccc1. The molecule has 4 atom stereocenters. The second-order valence-electron chi connectivity index (χ2n) is 11.3. The molecule has 2 saturated heterocycles. The van der Waals surface area contributed by atoms with Gasteiger partial charge in [-0.1, -0.05) is 42.5 Å². The first kappa shape index (κ1) is 30.4. The van der Waals surface area contributed by atoms with Crippen LogP contribution in [0.25, 0.3) is 0 Å². The molecule has 0 saturated carbocycles. The third kappa shape index (κ3) is 5.13. The molecule has 3 aliphatic rings. The molecule has 3 aliphatic heterocycles. The van der Waals surface area contributed by atoms with Gasteiger partial charge >= 0.3 is 0 Å². The molecule has 3 heterocycles. The lowest BCUT2D eigenvalue weighted by atomic mass is 9.79. The number of para-hydroxylation sites is 2. The number of hydrogen-bond donors (Lipinski definition) is 2. The van der Waals surface area contributed by atoms with E-state index in [9.17, 15) is 24.4 Å². The fraction of sp³-hybridized carbons (Fsp3) is 0.281. The number of anilines is 2. The summed E-state index contributed by atoms with van der Waals surface area (Å²) >= 11 is 1.32. The Labute approximate surface area is 268 Å². The smallest absolute Gasteiger partial charge is 0.286 e. The topological polar surface area (TPSA) is 141 Å². The first-order chi connectivity index (χ1) is 21.5. The van der Waals surface area contributed by atoms with Crippen LogP contribution >= 0.6 is 23.5 Å². The molecule has 0 aromatic heterocycles. The van der Waals surface area contributed by atoms with Crippen molar-refractivity contribution in [2.45, 2.75) is 36.1 Å². The van der Waals surface area contributed by atoms with Gasteiger partial charge in [0.2, 0.25) is 6.79 Å². The second kappa shape index (κ2) is 11.4. The molecule has 45 heavy (non-hydrogen) atoms. The van der Waals surface area contributed by atoms with Gasteiger partial charge in [-0.3, -0.25) is 19.2 Å². The van der Waals surface area contributed by atoms with E-state index < -0.39 is 43.5 Å². The lowest BCUT2D eigenvalue weighted by Crippen LogP contribution is -2.71. The van der Waals surface area contributed by atoms with Gasteiger partial charge < -0.3 is 29.9 Å². The molecule has 6 rings (SSSR count). The van der Waals surface area contributed by atoms with E-state index in [2.05, 4.69) is 16.7 Å². The normalized spacial score (nSPS) is 26.7. The standard InChI is InChI=1S/C32H29N5O6S2/c1-30(18-33)17-32(45-29(41)35-22-12-8-5-9-13-22)27(39)36(3)31(2,44-28(40)34-21-10-6-4-7-11-21)26(38)37(32)25(30)20-14-15-23-24(16-20)43-19-42-23/h4-16,25H,17,19H2,1-3H3,(H,34,40)(H,35,41)/t25?,30-,31+,32+/m1/s1. The Morgan fingerprint density at radius 2 is 1.44 bits per heavy atom. The van der Waals surface area contributed by atoms with E-state index in [1.165, 1.54) is 23.8 Å². The van der Waals surface area contributed by atoms with Crippen LogP contribution in [-0.4, -0.2) is 55.7 Å². The quantitative estimate of drug-likeness (QED) is 0.341. The van der Waals surface area contributed by atoms with Crippen LogP contribution in [0.15, 0.2) is 78.9 Å². The Bertz CT molecular complexity index is 1740. The van der Waals surface area contributed by atoms with Crippen LogP contribution in [0.4, 0.5) is 21.0 Å². The fourth-order valence-electron chi connectivity index (χ4n) is 6.06. The Balaban J connectivity index is 1.44. The van der Waals surface area contributed by atoms with E-state index in [1.54, 1.807) is 79.7 Å². The molecule has 3 aromatic carbocycles. The van der Waals surface area contributed by atoms with Gasteiger partial charge in [-0.2, -0.15) is 5.26 Å². The van der Waals surface area contributed by atoms with Crippen molar-refractivity contribution in [3.8, 4) is 17.6 Å². The van der Waals surface area contributed by atoms with Crippen molar-refractivity contribution in [1.82, 2.24) is 9.80 Å². The van der Waals surface area contributed by atoms with Gasteiger partial charge in [-0.05, 0) is 79.3 Å². The first-order valence-corrected chi connectivity index (χ1v) is 15.7. The summed E-state index contributed by atoms with van der Waals surface area (Å²) in [6.45, 7) is 3.19. The molecule has 0 spiro atoms. The van der Waals surface area contributed by atoms with Crippen molar-refractivity contribution in [2.24, 2.45) is 5.41 Å². The number of thioether (sulfide) groups is 2. The zero-order chi connectivity index (χ0) is 32.0. The third-order valence-corrected chi connectivity index (χ3v) is 10.6. The molecule has 0 bridgehead atoms. The third-order valence-electron chi connectivity index (χ3n) is 8.31. The van der Waals surface area contributed by atoms with Crippen molar-refractivity contribution >= 4 is 57.2 Å². The highest BCUT2D eigenvalue weighted by Crippen LogP contribution is 2.62. The summed E-state index contributed by atoms with van der Waals surface area (Å²) in [6, 6.07) is 24.0. The Morgan fingerprint density at radius 1 is 0.867 bits per heavy atom. The minimum absolute atomic E-state index is 0.0234. The van der Waals surface area contributed by atoms with Crippen molar-refractivity contribution in [2.75, 3.05) is 24.5 Å². The van der Waals surface area contributed by atoms with Crippen molar-refractivity contribution in [1.29, 1.82) is 5.26 Å². The van der Waals surface area contributed by atoms with Gasteiger partial charge in [0.1, 0.15) is 0 Å². The van der Waals surface area contributed by atoms with E-state index in [0.29, 0.717) is 52.0 Å². The predicted molar refractivity (Wildman–Crippen MR) is 170 cm³/mol. The summed E-state index contributed by atoms with van der Waals surface area (Å²) in [5, 5.41) is 15.0. The maximum Gasteiger partial charge on any atom is 0.286 e. The number of rotatable bonds is 5. The van der Waals surface area contributed by atoms with Gasteiger partial charge in [0, 0.05) is 24.8 Å². The highest BCUT2D eigenvalue weighted by Gasteiger charge is 2.72. The summed E-state index contributed by atoms with van der Waals surface area (Å²) in [5.74, 6) is -0.230. The van der Waals surface area contributed by atoms with Gasteiger partial charge in [0.15, 0.2) is 21.2 Å². The number of carbonyl (C=O) groups excluding carboxylic acids is 4. The van der Waals surface area contributed by atoms with Crippen molar-refractivity contribution in [3.63, 3.8) is 0 Å². The number of ether oxygens (including phenoxy) is 2. The first-order valence-electron chi connectivity index (χ1n) is 14.0. The molecule has 2 fully saturated rings. The minimum atomic E-state index is -1.80. The number of benzene rings is 3. The van der Waals surface area contributed by atoms with Crippen LogP contribution in [0.3, 0.4) is 0 Å². The maximum absolute atomic E-state index is 14.9. The highest BCUT2D eigenvalue weighted by molar-refractivity contribution is 8.16. The van der Waals surface area contributed by atoms with Gasteiger partial charge in [-0.15, -0.1) is 0 Å². The second-order valence-corrected chi connectivity index (χ2v) is 13.9. The van der Waals surface area contributed by atoms with E-state index in [-0.39, 0.29) is 13.2 Å². The number of nitrogens with one attached hydrogen (secondary N) is 2. The van der Waals surface area contributed by atoms with Gasteiger partial charge in [0.25, 0.3) is 22.3 Å². The molecule has 3 aromatic rings. The van der Waals surface area contributed by atoms with E-state index >= 15 is 0 Å². The molecule has 4 amide bonds. The number of fused-ring (bicyclic) bond motifs is 2. The van der Waals surface area contributed by atoms with Crippen LogP contribution < -0.4 is 20.1 Å². The van der Waals surface area contributed by atoms with E-state index in [4.69, 9.17) is 9.47 Å². The molecule has 0 aliphatic carbocycles. The monoisotopic (exact) mass is 643 g/mol. The molecular formula is C32H29N5O6S2. The number of nitrogens with zero attached hydrogens (tertiary/aromatic N) is 3. The molecule has 13 heteroatoms. The van der Waals surface area contributed by atoms with E-state index in [0.717, 1.165) is 0 Å². The van der Waals surface area contributed by atoms with Crippen LogP contribution in [0.2, 0.25) is 0 Å². The molecule has 0 radical (unpaired) electrons. The van der Waals surface area contributed by atoms with Gasteiger partial charge in [-0.25, -0.2) is 0 Å². The van der Waals surface area contributed by atoms with Crippen LogP contribution in [0.5, 0.6) is 11.5 Å². The average Bonchev–Trinajstić information content (AvgIpc) is 3.60. The van der Waals surface area contributed by atoms with E-state index in [1.807, 2.05) is 6.07 Å². The maximum atomic E-state index is 14.9. The Hall–Kier alpha value is -4.67. The molecule has 1 unspecified atom stereocenters. The number of nitriles is 1. The Kier molecular flexibility index (Phi) is 7.66. The summed E-state index contributed by atoms with van der Waals surface area (Å²) in [5.41, 5.74) is 0.241. The average molecular weight is 644 g/mol. The zero-order valence-corrected chi connectivity index (χ0v) is 26.2. The van der Waals surface area contributed by atoms with Crippen LogP contribution in [0, 0.1) is 16.7 Å². The number of hydrogen-bond acceptors (Lipinski definition) is 9. The summed E-state index contributed by atoms with van der Waals surface area (Å²) in [6.07, 6.45) is -0.144. The number of piperazine rings is 1. The minimum Gasteiger partial charge on any atom is -0.454 e. The van der Waals surface area contributed by atoms with Crippen molar-refractivity contribution < 1.29 is 28.7 Å². The largest absolute Gasteiger partial charge is 0.454 e. The highest BCUT2D eigenvalue weighted by atomic mass is 32.2. The fourth-order valence-corrected chi connectivity index (χ4v) is 8.36. The molecule has 11 nitrogen and oxygen atoms in total. The molecular weight excluding hydrogens is 615 g/mol. The lowest BCUT2D eigenvalue weighted by Gasteiger charge is -2.52. The number of amides is 4. The molecule has 2 N–H and O–H groups in total. The number of carbonyl (C=O) groups is 4. The van der Waals surface area contributed by atoms with Crippen molar-refractivity contribution in [3.05, 3.63) is 84.4 Å². The van der Waals surface area contributed by atoms with Gasteiger partial charge in [0.05, 0.1) is 17.5 Å².